The zero-order valence-electron chi connectivity index (χ0n) is 13.1. The Morgan fingerprint density at radius 1 is 1.00 bits per heavy atom. The first-order chi connectivity index (χ1) is 8.36. The van der Waals surface area contributed by atoms with Gasteiger partial charge in [-0.1, -0.05) is 6.42 Å². The molecule has 2 fully saturated rings. The van der Waals surface area contributed by atoms with E-state index >= 15 is 0 Å². The Morgan fingerprint density at radius 3 is 2.17 bits per heavy atom. The smallest absolute Gasteiger partial charge is 0.0813 e. The second-order valence-electron chi connectivity index (χ2n) is 8.33. The molecular formula is C16H34N2+2. The Kier molecular flexibility index (Phi) is 4.38. The lowest BCUT2D eigenvalue weighted by Gasteiger charge is -2.47. The Morgan fingerprint density at radius 2 is 1.61 bits per heavy atom. The summed E-state index contributed by atoms with van der Waals surface area (Å²) in [4.78, 5) is 0. The van der Waals surface area contributed by atoms with E-state index in [1.54, 1.807) is 6.42 Å². The monoisotopic (exact) mass is 254 g/mol. The van der Waals surface area contributed by atoms with Gasteiger partial charge >= 0.3 is 0 Å². The third kappa shape index (κ3) is 4.24. The van der Waals surface area contributed by atoms with E-state index in [4.69, 9.17) is 0 Å². The molecule has 1 heterocycles. The van der Waals surface area contributed by atoms with E-state index in [9.17, 15) is 0 Å². The number of unbranched alkanes of at least 4 members (excludes halogenated alkanes) is 1. The fourth-order valence-corrected chi connectivity index (χ4v) is 4.32. The Bertz CT molecular complexity index is 255. The molecule has 1 aliphatic heterocycles. The van der Waals surface area contributed by atoms with Gasteiger partial charge in [0.05, 0.1) is 54.4 Å². The maximum absolute atomic E-state index is 2.52. The average Bonchev–Trinajstić information content (AvgIpc) is 2.22. The topological polar surface area (TPSA) is 0 Å². The maximum Gasteiger partial charge on any atom is 0.0813 e. The van der Waals surface area contributed by atoms with Crippen molar-refractivity contribution in [2.24, 2.45) is 11.8 Å². The van der Waals surface area contributed by atoms with Crippen molar-refractivity contribution in [2.45, 2.75) is 38.5 Å². The SMILES string of the molecule is C[N+](C)(C)CCCC[N+]1(C)CC2CCCC(C2)C1. The number of piperidine rings is 1. The van der Waals surface area contributed by atoms with Crippen LogP contribution in [0.2, 0.25) is 0 Å². The number of hydrogen-bond acceptors (Lipinski definition) is 0. The highest BCUT2D eigenvalue weighted by atomic mass is 15.3. The average molecular weight is 254 g/mol. The van der Waals surface area contributed by atoms with Crippen LogP contribution in [0.3, 0.4) is 0 Å². The minimum atomic E-state index is 1.06. The van der Waals surface area contributed by atoms with Gasteiger partial charge in [-0.3, -0.25) is 0 Å². The predicted octanol–water partition coefficient (Wildman–Crippen LogP) is 2.74. The molecule has 2 atom stereocenters. The molecule has 0 amide bonds. The van der Waals surface area contributed by atoms with Gasteiger partial charge in [-0.25, -0.2) is 0 Å². The molecule has 0 radical (unpaired) electrons. The number of rotatable bonds is 5. The van der Waals surface area contributed by atoms with E-state index < -0.39 is 0 Å². The molecule has 0 aromatic carbocycles. The molecule has 2 bridgehead atoms. The van der Waals surface area contributed by atoms with E-state index in [1.807, 2.05) is 0 Å². The quantitative estimate of drug-likeness (QED) is 0.523. The van der Waals surface area contributed by atoms with E-state index in [-0.39, 0.29) is 0 Å². The van der Waals surface area contributed by atoms with Crippen molar-refractivity contribution in [1.82, 2.24) is 0 Å². The Labute approximate surface area is 114 Å². The van der Waals surface area contributed by atoms with Crippen LogP contribution in [0.25, 0.3) is 0 Å². The van der Waals surface area contributed by atoms with Gasteiger partial charge in [0.2, 0.25) is 0 Å². The van der Waals surface area contributed by atoms with E-state index in [1.165, 1.54) is 62.8 Å². The lowest BCUT2D eigenvalue weighted by molar-refractivity contribution is -0.923. The highest BCUT2D eigenvalue weighted by Gasteiger charge is 2.38. The molecule has 0 aromatic heterocycles. The second-order valence-corrected chi connectivity index (χ2v) is 8.33. The van der Waals surface area contributed by atoms with Crippen LogP contribution in [-0.4, -0.2) is 63.3 Å². The van der Waals surface area contributed by atoms with E-state index in [0.29, 0.717) is 0 Å². The highest BCUT2D eigenvalue weighted by Crippen LogP contribution is 2.37. The Hall–Kier alpha value is -0.0800. The zero-order chi connectivity index (χ0) is 13.2. The summed E-state index contributed by atoms with van der Waals surface area (Å²) in [6.45, 7) is 5.70. The molecule has 2 unspecified atom stereocenters. The largest absolute Gasteiger partial charge is 0.331 e. The van der Waals surface area contributed by atoms with Crippen molar-refractivity contribution in [2.75, 3.05) is 54.4 Å². The molecule has 1 saturated heterocycles. The fourth-order valence-electron chi connectivity index (χ4n) is 4.32. The first-order valence-corrected chi connectivity index (χ1v) is 8.00. The molecule has 0 N–H and O–H groups in total. The molecule has 0 aromatic rings. The van der Waals surface area contributed by atoms with Gasteiger partial charge in [0.25, 0.3) is 0 Å². The van der Waals surface area contributed by atoms with Crippen LogP contribution in [0.5, 0.6) is 0 Å². The summed E-state index contributed by atoms with van der Waals surface area (Å²) in [5.74, 6) is 2.11. The van der Waals surface area contributed by atoms with Crippen molar-refractivity contribution in [3.8, 4) is 0 Å². The lowest BCUT2D eigenvalue weighted by Crippen LogP contribution is -2.55. The van der Waals surface area contributed by atoms with E-state index in [0.717, 1.165) is 16.3 Å². The third-order valence-electron chi connectivity index (χ3n) is 5.07. The number of hydrogen-bond donors (Lipinski definition) is 0. The lowest BCUT2D eigenvalue weighted by atomic mass is 9.77. The number of fused-ring (bicyclic) bond motifs is 2. The molecule has 1 aliphatic carbocycles. The summed E-state index contributed by atoms with van der Waals surface area (Å²) in [6.07, 6.45) is 8.91. The molecule has 106 valence electrons. The first kappa shape index (κ1) is 14.3. The summed E-state index contributed by atoms with van der Waals surface area (Å²) >= 11 is 0. The van der Waals surface area contributed by atoms with Crippen molar-refractivity contribution >= 4 is 0 Å². The predicted molar refractivity (Wildman–Crippen MR) is 78.4 cm³/mol. The van der Waals surface area contributed by atoms with Gasteiger partial charge in [-0.2, -0.15) is 0 Å². The number of likely N-dealkylation sites (tertiary alicyclic amines) is 1. The van der Waals surface area contributed by atoms with Crippen LogP contribution in [0, 0.1) is 11.8 Å². The highest BCUT2D eigenvalue weighted by molar-refractivity contribution is 4.77. The molecule has 0 spiro atoms. The van der Waals surface area contributed by atoms with Gasteiger partial charge in [-0.05, 0) is 19.3 Å². The first-order valence-electron chi connectivity index (χ1n) is 8.00. The standard InChI is InChI=1S/C16H34N2/c1-17(2,3)10-5-6-11-18(4)13-15-8-7-9-16(12-15)14-18/h15-16H,5-14H2,1-4H3/q+2. The number of nitrogens with zero attached hydrogens (tertiary/aromatic N) is 2. The summed E-state index contributed by atoms with van der Waals surface area (Å²) in [6, 6.07) is 0. The summed E-state index contributed by atoms with van der Waals surface area (Å²) < 4.78 is 2.50. The van der Waals surface area contributed by atoms with Crippen LogP contribution in [-0.2, 0) is 0 Å². The second kappa shape index (κ2) is 5.50. The molecule has 1 saturated carbocycles. The van der Waals surface area contributed by atoms with Crippen LogP contribution in [0.15, 0.2) is 0 Å². The van der Waals surface area contributed by atoms with Gasteiger partial charge in [-0.15, -0.1) is 0 Å². The molecule has 2 heteroatoms. The summed E-state index contributed by atoms with van der Waals surface area (Å²) in [7, 11) is 9.45. The summed E-state index contributed by atoms with van der Waals surface area (Å²) in [5, 5.41) is 0. The fraction of sp³-hybridized carbons (Fsp3) is 1.00. The maximum atomic E-state index is 2.52. The minimum Gasteiger partial charge on any atom is -0.331 e. The van der Waals surface area contributed by atoms with Crippen molar-refractivity contribution in [3.05, 3.63) is 0 Å². The molecular weight excluding hydrogens is 220 g/mol. The van der Waals surface area contributed by atoms with Crippen LogP contribution >= 0.6 is 0 Å². The van der Waals surface area contributed by atoms with Crippen LogP contribution in [0.1, 0.15) is 38.5 Å². The van der Waals surface area contributed by atoms with E-state index in [2.05, 4.69) is 28.2 Å². The Balaban J connectivity index is 1.74. The minimum absolute atomic E-state index is 1.06. The van der Waals surface area contributed by atoms with Crippen molar-refractivity contribution in [3.63, 3.8) is 0 Å². The number of quaternary nitrogens is 2. The van der Waals surface area contributed by atoms with Crippen molar-refractivity contribution < 1.29 is 8.97 Å². The summed E-state index contributed by atoms with van der Waals surface area (Å²) in [5.41, 5.74) is 0. The van der Waals surface area contributed by atoms with Gasteiger partial charge in [0, 0.05) is 24.7 Å². The van der Waals surface area contributed by atoms with Gasteiger partial charge in [0.15, 0.2) is 0 Å². The molecule has 2 aliphatic rings. The van der Waals surface area contributed by atoms with Crippen molar-refractivity contribution in [1.29, 1.82) is 0 Å². The third-order valence-corrected chi connectivity index (χ3v) is 5.07. The van der Waals surface area contributed by atoms with Gasteiger partial charge in [0.1, 0.15) is 0 Å². The molecule has 2 rings (SSSR count). The normalized spacial score (nSPS) is 36.7. The van der Waals surface area contributed by atoms with Gasteiger partial charge < -0.3 is 8.97 Å². The molecule has 2 nitrogen and oxygen atoms in total. The van der Waals surface area contributed by atoms with Crippen LogP contribution < -0.4 is 0 Å². The van der Waals surface area contributed by atoms with Crippen LogP contribution in [0.4, 0.5) is 0 Å². The zero-order valence-corrected chi connectivity index (χ0v) is 13.1. The molecule has 18 heavy (non-hydrogen) atoms.